The summed E-state index contributed by atoms with van der Waals surface area (Å²) >= 11 is 5.67. The number of nitrogens with one attached hydrogen (secondary N) is 1. The average molecular weight is 271 g/mol. The molecule has 98 valence electrons. The summed E-state index contributed by atoms with van der Waals surface area (Å²) in [5.74, 6) is 0.606. The van der Waals surface area contributed by atoms with Gasteiger partial charge in [-0.25, -0.2) is 9.97 Å². The van der Waals surface area contributed by atoms with Gasteiger partial charge in [0.15, 0.2) is 0 Å². The van der Waals surface area contributed by atoms with Crippen molar-refractivity contribution in [2.75, 3.05) is 38.2 Å². The van der Waals surface area contributed by atoms with Crippen LogP contribution in [0.25, 0.3) is 0 Å². The number of nitrogens with zero attached hydrogens (tertiary/aromatic N) is 3. The van der Waals surface area contributed by atoms with Crippen LogP contribution >= 0.6 is 11.6 Å². The molecule has 6 nitrogen and oxygen atoms in total. The molecule has 0 aliphatic carbocycles. The molecule has 1 N–H and O–H groups in total. The molecular weight excluding hydrogens is 256 g/mol. The molecule has 1 fully saturated rings. The number of morpholine rings is 1. The highest BCUT2D eigenvalue weighted by atomic mass is 35.5. The molecule has 1 aliphatic rings. The van der Waals surface area contributed by atoms with Gasteiger partial charge in [-0.05, 0) is 0 Å². The minimum atomic E-state index is 0.125. The van der Waals surface area contributed by atoms with Crippen LogP contribution in [0.4, 0.5) is 5.95 Å². The van der Waals surface area contributed by atoms with Crippen molar-refractivity contribution in [3.8, 4) is 0 Å². The summed E-state index contributed by atoms with van der Waals surface area (Å²) in [7, 11) is 0. The summed E-state index contributed by atoms with van der Waals surface area (Å²) in [5.41, 5.74) is 0. The minimum absolute atomic E-state index is 0.125. The molecule has 1 saturated heterocycles. The van der Waals surface area contributed by atoms with Gasteiger partial charge in [-0.15, -0.1) is 0 Å². The molecule has 1 aliphatic heterocycles. The maximum Gasteiger partial charge on any atom is 0.224 e. The van der Waals surface area contributed by atoms with Gasteiger partial charge in [0.05, 0.1) is 30.6 Å². The molecule has 1 aromatic heterocycles. The summed E-state index contributed by atoms with van der Waals surface area (Å²) in [6.07, 6.45) is 3.45. The van der Waals surface area contributed by atoms with E-state index in [0.717, 1.165) is 0 Å². The van der Waals surface area contributed by atoms with Gasteiger partial charge in [-0.2, -0.15) is 0 Å². The standard InChI is InChI=1S/C11H15ClN4O2/c12-9-7-14-11(15-8-9)13-2-1-10(17)16-3-5-18-6-4-16/h7-8H,1-6H2,(H,13,14,15). The molecule has 1 aromatic rings. The number of aromatic nitrogens is 2. The van der Waals surface area contributed by atoms with Crippen molar-refractivity contribution in [1.29, 1.82) is 0 Å². The molecule has 2 rings (SSSR count). The zero-order valence-electron chi connectivity index (χ0n) is 9.93. The fraction of sp³-hybridized carbons (Fsp3) is 0.545. The van der Waals surface area contributed by atoms with Crippen LogP contribution in [0.3, 0.4) is 0 Å². The van der Waals surface area contributed by atoms with Gasteiger partial charge in [0.25, 0.3) is 0 Å². The molecule has 1 amide bonds. The van der Waals surface area contributed by atoms with E-state index in [1.807, 2.05) is 4.90 Å². The Labute approximate surface area is 110 Å². The topological polar surface area (TPSA) is 67.4 Å². The molecule has 18 heavy (non-hydrogen) atoms. The maximum atomic E-state index is 11.8. The van der Waals surface area contributed by atoms with Gasteiger partial charge in [-0.1, -0.05) is 11.6 Å². The smallest absolute Gasteiger partial charge is 0.224 e. The molecule has 0 saturated carbocycles. The number of carbonyl (C=O) groups excluding carboxylic acids is 1. The molecule has 2 heterocycles. The Morgan fingerprint density at radius 1 is 1.39 bits per heavy atom. The molecule has 0 bridgehead atoms. The first kappa shape index (κ1) is 13.0. The van der Waals surface area contributed by atoms with E-state index >= 15 is 0 Å². The van der Waals surface area contributed by atoms with Crippen LogP contribution in [-0.4, -0.2) is 53.6 Å². The van der Waals surface area contributed by atoms with Crippen molar-refractivity contribution >= 4 is 23.5 Å². The predicted molar refractivity (Wildman–Crippen MR) is 67.5 cm³/mol. The number of anilines is 1. The van der Waals surface area contributed by atoms with Crippen LogP contribution in [0, 0.1) is 0 Å². The van der Waals surface area contributed by atoms with Crippen molar-refractivity contribution in [3.63, 3.8) is 0 Å². The number of ether oxygens (including phenoxy) is 1. The van der Waals surface area contributed by atoms with E-state index in [4.69, 9.17) is 16.3 Å². The number of carbonyl (C=O) groups is 1. The van der Waals surface area contributed by atoms with E-state index < -0.39 is 0 Å². The van der Waals surface area contributed by atoms with E-state index in [1.54, 1.807) is 0 Å². The van der Waals surface area contributed by atoms with Crippen LogP contribution in [0.5, 0.6) is 0 Å². The highest BCUT2D eigenvalue weighted by molar-refractivity contribution is 6.30. The van der Waals surface area contributed by atoms with E-state index in [0.29, 0.717) is 50.2 Å². The normalized spacial score (nSPS) is 15.5. The van der Waals surface area contributed by atoms with E-state index in [9.17, 15) is 4.79 Å². The van der Waals surface area contributed by atoms with Crippen molar-refractivity contribution < 1.29 is 9.53 Å². The third-order valence-electron chi connectivity index (χ3n) is 2.61. The zero-order chi connectivity index (χ0) is 12.8. The first-order chi connectivity index (χ1) is 8.75. The lowest BCUT2D eigenvalue weighted by molar-refractivity contribution is -0.134. The van der Waals surface area contributed by atoms with Gasteiger partial charge in [-0.3, -0.25) is 4.79 Å². The lowest BCUT2D eigenvalue weighted by atomic mass is 10.3. The molecule has 0 spiro atoms. The summed E-state index contributed by atoms with van der Waals surface area (Å²) in [5, 5.41) is 3.47. The fourth-order valence-corrected chi connectivity index (χ4v) is 1.75. The second-order valence-corrected chi connectivity index (χ2v) is 4.33. The molecule has 0 aromatic carbocycles. The number of rotatable bonds is 4. The summed E-state index contributed by atoms with van der Waals surface area (Å²) in [4.78, 5) is 21.6. The van der Waals surface area contributed by atoms with Gasteiger partial charge in [0.2, 0.25) is 11.9 Å². The monoisotopic (exact) mass is 270 g/mol. The van der Waals surface area contributed by atoms with Crippen LogP contribution in [0.15, 0.2) is 12.4 Å². The largest absolute Gasteiger partial charge is 0.378 e. The first-order valence-corrected chi connectivity index (χ1v) is 6.20. The molecular formula is C11H15ClN4O2. The van der Waals surface area contributed by atoms with Crippen LogP contribution in [0.2, 0.25) is 5.02 Å². The SMILES string of the molecule is O=C(CCNc1ncc(Cl)cn1)N1CCOCC1. The van der Waals surface area contributed by atoms with Crippen molar-refractivity contribution in [1.82, 2.24) is 14.9 Å². The third-order valence-corrected chi connectivity index (χ3v) is 2.80. The lowest BCUT2D eigenvalue weighted by Gasteiger charge is -2.26. The van der Waals surface area contributed by atoms with Crippen LogP contribution < -0.4 is 5.32 Å². The van der Waals surface area contributed by atoms with Gasteiger partial charge in [0, 0.05) is 26.1 Å². The predicted octanol–water partition coefficient (Wildman–Crippen LogP) is 0.791. The van der Waals surface area contributed by atoms with Gasteiger partial charge >= 0.3 is 0 Å². The Kier molecular flexibility index (Phi) is 4.72. The summed E-state index contributed by atoms with van der Waals surface area (Å²) in [6, 6.07) is 0. The molecule has 0 radical (unpaired) electrons. The van der Waals surface area contributed by atoms with Crippen molar-refractivity contribution in [2.24, 2.45) is 0 Å². The molecule has 0 atom stereocenters. The van der Waals surface area contributed by atoms with Crippen molar-refractivity contribution in [2.45, 2.75) is 6.42 Å². The number of halogens is 1. The Hall–Kier alpha value is -1.40. The Morgan fingerprint density at radius 3 is 2.72 bits per heavy atom. The Morgan fingerprint density at radius 2 is 2.06 bits per heavy atom. The number of hydrogen-bond donors (Lipinski definition) is 1. The summed E-state index contributed by atoms with van der Waals surface area (Å²) in [6.45, 7) is 3.11. The molecule has 7 heteroatoms. The second-order valence-electron chi connectivity index (χ2n) is 3.89. The average Bonchev–Trinajstić information content (AvgIpc) is 2.42. The van der Waals surface area contributed by atoms with E-state index in [1.165, 1.54) is 12.4 Å². The summed E-state index contributed by atoms with van der Waals surface area (Å²) < 4.78 is 5.19. The van der Waals surface area contributed by atoms with E-state index in [2.05, 4.69) is 15.3 Å². The van der Waals surface area contributed by atoms with Crippen LogP contribution in [0.1, 0.15) is 6.42 Å². The lowest BCUT2D eigenvalue weighted by Crippen LogP contribution is -2.41. The van der Waals surface area contributed by atoms with Crippen molar-refractivity contribution in [3.05, 3.63) is 17.4 Å². The van der Waals surface area contributed by atoms with E-state index in [-0.39, 0.29) is 5.91 Å². The quantitative estimate of drug-likeness (QED) is 0.876. The number of hydrogen-bond acceptors (Lipinski definition) is 5. The highest BCUT2D eigenvalue weighted by Crippen LogP contribution is 2.06. The van der Waals surface area contributed by atoms with Gasteiger partial charge < -0.3 is 15.0 Å². The van der Waals surface area contributed by atoms with Gasteiger partial charge in [0.1, 0.15) is 0 Å². The molecule has 0 unspecified atom stereocenters. The number of amides is 1. The zero-order valence-corrected chi connectivity index (χ0v) is 10.7. The highest BCUT2D eigenvalue weighted by Gasteiger charge is 2.15. The fourth-order valence-electron chi connectivity index (χ4n) is 1.66. The third kappa shape index (κ3) is 3.82. The maximum absolute atomic E-state index is 11.8. The Balaban J connectivity index is 1.71. The van der Waals surface area contributed by atoms with Crippen LogP contribution in [-0.2, 0) is 9.53 Å². The first-order valence-electron chi connectivity index (χ1n) is 5.82. The minimum Gasteiger partial charge on any atom is -0.378 e. The second kappa shape index (κ2) is 6.51. The Bertz CT molecular complexity index is 393.